The molecule has 1 unspecified atom stereocenters. The lowest BCUT2D eigenvalue weighted by molar-refractivity contribution is 0.0691. The lowest BCUT2D eigenvalue weighted by atomic mass is 10.1. The topological polar surface area (TPSA) is 53.4 Å². The van der Waals surface area contributed by atoms with Gasteiger partial charge in [-0.2, -0.15) is 0 Å². The number of rotatable bonds is 7. The van der Waals surface area contributed by atoms with Gasteiger partial charge in [-0.1, -0.05) is 48.5 Å². The van der Waals surface area contributed by atoms with E-state index in [9.17, 15) is 9.18 Å². The van der Waals surface area contributed by atoms with Gasteiger partial charge in [0.2, 0.25) is 0 Å². The predicted molar refractivity (Wildman–Crippen MR) is 99.6 cm³/mol. The van der Waals surface area contributed by atoms with E-state index < -0.39 is 5.97 Å². The maximum Gasteiger partial charge on any atom is 0.355 e. The molecule has 0 aliphatic carbocycles. The summed E-state index contributed by atoms with van der Waals surface area (Å²) in [5.41, 5.74) is 1.76. The number of carboxylic acids is 1. The Balaban J connectivity index is 1.87. The van der Waals surface area contributed by atoms with Crippen LogP contribution in [0.1, 0.15) is 39.6 Å². The molecular formula is C20H19FN2O2S. The Kier molecular flexibility index (Phi) is 5.75. The van der Waals surface area contributed by atoms with Gasteiger partial charge in [-0.3, -0.25) is 4.90 Å². The van der Waals surface area contributed by atoms with Gasteiger partial charge in [-0.05, 0) is 18.6 Å². The first-order valence-electron chi connectivity index (χ1n) is 8.24. The lowest BCUT2D eigenvalue weighted by Gasteiger charge is -2.29. The fourth-order valence-corrected chi connectivity index (χ4v) is 3.57. The molecule has 0 fully saturated rings. The van der Waals surface area contributed by atoms with Crippen molar-refractivity contribution in [1.82, 2.24) is 9.88 Å². The van der Waals surface area contributed by atoms with Gasteiger partial charge in [0, 0.05) is 23.5 Å². The van der Waals surface area contributed by atoms with Crippen molar-refractivity contribution in [3.63, 3.8) is 0 Å². The monoisotopic (exact) mass is 370 g/mol. The van der Waals surface area contributed by atoms with Crippen molar-refractivity contribution in [2.45, 2.75) is 26.1 Å². The fraction of sp³-hybridized carbons (Fsp3) is 0.200. The van der Waals surface area contributed by atoms with Gasteiger partial charge in [0.1, 0.15) is 10.8 Å². The summed E-state index contributed by atoms with van der Waals surface area (Å²) in [4.78, 5) is 17.3. The van der Waals surface area contributed by atoms with Crippen LogP contribution in [-0.2, 0) is 13.1 Å². The fourth-order valence-electron chi connectivity index (χ4n) is 2.77. The molecule has 3 aromatic rings. The maximum atomic E-state index is 14.1. The largest absolute Gasteiger partial charge is 0.476 e. The minimum absolute atomic E-state index is 0.0213. The van der Waals surface area contributed by atoms with Crippen LogP contribution in [-0.4, -0.2) is 21.0 Å². The Hall–Kier alpha value is -2.57. The van der Waals surface area contributed by atoms with Gasteiger partial charge in [0.05, 0.1) is 6.54 Å². The van der Waals surface area contributed by atoms with Crippen LogP contribution < -0.4 is 0 Å². The molecule has 26 heavy (non-hydrogen) atoms. The summed E-state index contributed by atoms with van der Waals surface area (Å²) >= 11 is 1.31. The third-order valence-corrected chi connectivity index (χ3v) is 5.10. The molecule has 6 heteroatoms. The first-order chi connectivity index (χ1) is 12.5. The van der Waals surface area contributed by atoms with Crippen molar-refractivity contribution < 1.29 is 14.3 Å². The van der Waals surface area contributed by atoms with E-state index in [4.69, 9.17) is 5.11 Å². The van der Waals surface area contributed by atoms with Crippen LogP contribution in [0, 0.1) is 5.82 Å². The van der Waals surface area contributed by atoms with Crippen LogP contribution in [0.4, 0.5) is 4.39 Å². The number of benzene rings is 2. The number of aromatic nitrogens is 1. The molecule has 0 saturated carbocycles. The number of nitrogens with zero attached hydrogens (tertiary/aromatic N) is 2. The van der Waals surface area contributed by atoms with Crippen LogP contribution in [0.2, 0.25) is 0 Å². The van der Waals surface area contributed by atoms with Gasteiger partial charge in [-0.15, -0.1) is 11.3 Å². The smallest absolute Gasteiger partial charge is 0.355 e. The maximum absolute atomic E-state index is 14.1. The predicted octanol–water partition coefficient (Wildman–Crippen LogP) is 4.74. The molecule has 0 saturated heterocycles. The zero-order valence-corrected chi connectivity index (χ0v) is 15.1. The summed E-state index contributed by atoms with van der Waals surface area (Å²) in [5.74, 6) is -1.28. The van der Waals surface area contributed by atoms with Crippen molar-refractivity contribution in [2.75, 3.05) is 0 Å². The van der Waals surface area contributed by atoms with Crippen molar-refractivity contribution in [3.05, 3.63) is 87.6 Å². The second-order valence-electron chi connectivity index (χ2n) is 6.01. The number of halogens is 1. The Morgan fingerprint density at radius 2 is 1.85 bits per heavy atom. The van der Waals surface area contributed by atoms with E-state index in [-0.39, 0.29) is 17.6 Å². The summed E-state index contributed by atoms with van der Waals surface area (Å²) in [6.45, 7) is 2.91. The first-order valence-corrected chi connectivity index (χ1v) is 9.12. The highest BCUT2D eigenvalue weighted by molar-refractivity contribution is 7.09. The molecule has 1 heterocycles. The summed E-state index contributed by atoms with van der Waals surface area (Å²) in [7, 11) is 0. The number of hydrogen-bond donors (Lipinski definition) is 1. The Labute approximate surface area is 155 Å². The Morgan fingerprint density at radius 3 is 2.50 bits per heavy atom. The molecule has 0 aliphatic heterocycles. The summed E-state index contributed by atoms with van der Waals surface area (Å²) < 4.78 is 14.1. The number of carboxylic acid groups (broad SMARTS) is 1. The molecule has 1 atom stereocenters. The molecule has 1 N–H and O–H groups in total. The molecule has 4 nitrogen and oxygen atoms in total. The minimum Gasteiger partial charge on any atom is -0.476 e. The molecule has 134 valence electrons. The van der Waals surface area contributed by atoms with Crippen LogP contribution in [0.25, 0.3) is 0 Å². The second-order valence-corrected chi connectivity index (χ2v) is 6.96. The van der Waals surface area contributed by atoms with E-state index in [0.717, 1.165) is 5.56 Å². The van der Waals surface area contributed by atoms with Crippen molar-refractivity contribution in [2.24, 2.45) is 0 Å². The summed E-state index contributed by atoms with van der Waals surface area (Å²) in [5, 5.41) is 11.3. The highest BCUT2D eigenvalue weighted by atomic mass is 32.1. The normalized spacial score (nSPS) is 12.3. The summed E-state index contributed by atoms with van der Waals surface area (Å²) in [6, 6.07) is 16.7. The molecular weight excluding hydrogens is 351 g/mol. The van der Waals surface area contributed by atoms with E-state index in [1.165, 1.54) is 22.8 Å². The van der Waals surface area contributed by atoms with E-state index in [1.54, 1.807) is 12.1 Å². The lowest BCUT2D eigenvalue weighted by Crippen LogP contribution is -2.26. The highest BCUT2D eigenvalue weighted by Gasteiger charge is 2.20. The molecule has 0 bridgehead atoms. The van der Waals surface area contributed by atoms with Crippen LogP contribution in [0.3, 0.4) is 0 Å². The summed E-state index contributed by atoms with van der Waals surface area (Å²) in [6.07, 6.45) is 0. The number of thiazole rings is 1. The first kappa shape index (κ1) is 18.2. The van der Waals surface area contributed by atoms with Gasteiger partial charge < -0.3 is 5.11 Å². The molecule has 0 aliphatic rings. The van der Waals surface area contributed by atoms with Gasteiger partial charge in [-0.25, -0.2) is 14.2 Å². The van der Waals surface area contributed by atoms with E-state index in [0.29, 0.717) is 23.7 Å². The third-order valence-electron chi connectivity index (χ3n) is 4.27. The van der Waals surface area contributed by atoms with Gasteiger partial charge in [0.15, 0.2) is 5.69 Å². The van der Waals surface area contributed by atoms with Crippen molar-refractivity contribution in [1.29, 1.82) is 0 Å². The molecule has 0 spiro atoms. The molecule has 1 aromatic heterocycles. The average molecular weight is 370 g/mol. The third kappa shape index (κ3) is 4.33. The highest BCUT2D eigenvalue weighted by Crippen LogP contribution is 2.26. The molecule has 2 aromatic carbocycles. The zero-order chi connectivity index (χ0) is 18.5. The number of hydrogen-bond acceptors (Lipinski definition) is 4. The van der Waals surface area contributed by atoms with E-state index >= 15 is 0 Å². The quantitative estimate of drug-likeness (QED) is 0.652. The second kappa shape index (κ2) is 8.21. The number of aromatic carboxylic acids is 1. The Bertz CT molecular complexity index is 882. The van der Waals surface area contributed by atoms with E-state index in [1.807, 2.05) is 36.4 Å². The number of carbonyl (C=O) groups is 1. The van der Waals surface area contributed by atoms with Crippen molar-refractivity contribution in [3.8, 4) is 0 Å². The molecule has 3 rings (SSSR count). The average Bonchev–Trinajstić information content (AvgIpc) is 3.12. The van der Waals surface area contributed by atoms with Crippen LogP contribution >= 0.6 is 11.3 Å². The van der Waals surface area contributed by atoms with Crippen molar-refractivity contribution >= 4 is 17.3 Å². The zero-order valence-electron chi connectivity index (χ0n) is 14.3. The van der Waals surface area contributed by atoms with Crippen LogP contribution in [0.15, 0.2) is 60.0 Å². The molecule has 0 amide bonds. The van der Waals surface area contributed by atoms with E-state index in [2.05, 4.69) is 16.8 Å². The Morgan fingerprint density at radius 1 is 1.15 bits per heavy atom. The molecule has 0 radical (unpaired) electrons. The van der Waals surface area contributed by atoms with Gasteiger partial charge >= 0.3 is 5.97 Å². The SMILES string of the molecule is CC(c1ccccc1)N(Cc1nc(C(=O)O)cs1)Cc1ccccc1F. The minimum atomic E-state index is -1.04. The van der Waals surface area contributed by atoms with Crippen LogP contribution in [0.5, 0.6) is 0 Å². The standard InChI is InChI=1S/C20H19FN2O2S/c1-14(15-7-3-2-4-8-15)23(11-16-9-5-6-10-17(16)21)12-19-22-18(13-26-19)20(24)25/h2-10,13-14H,11-12H2,1H3,(H,24,25). The van der Waals surface area contributed by atoms with Gasteiger partial charge in [0.25, 0.3) is 0 Å².